The van der Waals surface area contributed by atoms with Gasteiger partial charge in [0.1, 0.15) is 13.1 Å². The predicted molar refractivity (Wildman–Crippen MR) is 205 cm³/mol. The van der Waals surface area contributed by atoms with Gasteiger partial charge in [-0.05, 0) is 86.7 Å². The maximum Gasteiger partial charge on any atom is 0.512 e. The summed E-state index contributed by atoms with van der Waals surface area (Å²) in [5.41, 5.74) is 2.68. The minimum atomic E-state index is -6.08. The van der Waals surface area contributed by atoms with Gasteiger partial charge in [-0.2, -0.15) is 13.2 Å². The highest BCUT2D eigenvalue weighted by Crippen LogP contribution is 2.43. The summed E-state index contributed by atoms with van der Waals surface area (Å²) in [6.07, 6.45) is 8.29. The molecule has 1 aliphatic rings. The number of nitrogens with one attached hydrogen (secondary N) is 1. The summed E-state index contributed by atoms with van der Waals surface area (Å²) in [6.45, 7) is 12.0. The molecule has 0 radical (unpaired) electrons. The van der Waals surface area contributed by atoms with Crippen molar-refractivity contribution >= 4 is 47.9 Å². The van der Waals surface area contributed by atoms with Crippen LogP contribution in [-0.4, -0.2) is 69.1 Å². The first-order chi connectivity index (χ1) is 24.7. The van der Waals surface area contributed by atoms with E-state index >= 15 is 0 Å². The fourth-order valence-electron chi connectivity index (χ4n) is 6.66. The molecule has 276 valence electrons. The fourth-order valence-corrected chi connectivity index (χ4v) is 9.22. The lowest BCUT2D eigenvalue weighted by atomic mass is 9.87. The van der Waals surface area contributed by atoms with Gasteiger partial charge in [0, 0.05) is 53.9 Å². The highest BCUT2D eigenvalue weighted by molar-refractivity contribution is 8.05. The molecule has 1 heterocycles. The molecule has 52 heavy (non-hydrogen) atoms. The molecule has 0 atom stereocenters. The zero-order chi connectivity index (χ0) is 37.7. The van der Waals surface area contributed by atoms with Crippen LogP contribution in [0.15, 0.2) is 109 Å². The second-order valence-electron chi connectivity index (χ2n) is 12.3. The molecule has 1 N–H and O–H groups in total. The first-order valence-corrected chi connectivity index (χ1v) is 20.5. The van der Waals surface area contributed by atoms with Crippen LogP contribution in [0.5, 0.6) is 0 Å². The van der Waals surface area contributed by atoms with E-state index in [4.69, 9.17) is 0 Å². The maximum atomic E-state index is 13.0. The van der Waals surface area contributed by atoms with E-state index in [1.807, 2.05) is 59.2 Å². The van der Waals surface area contributed by atoms with Crippen molar-refractivity contribution in [2.24, 2.45) is 0 Å². The van der Waals surface area contributed by atoms with Crippen LogP contribution >= 0.6 is 0 Å². The number of hydrogen-bond acceptors (Lipinski definition) is 5. The summed E-state index contributed by atoms with van der Waals surface area (Å²) in [6, 6.07) is 25.9. The molecule has 0 amide bonds. The number of anilines is 1. The second-order valence-corrected chi connectivity index (χ2v) is 16.1. The Morgan fingerprint density at radius 2 is 1.38 bits per heavy atom. The maximum absolute atomic E-state index is 13.0. The number of aryl methyl sites for hydroxylation is 1. The van der Waals surface area contributed by atoms with E-state index in [0.717, 1.165) is 86.1 Å². The lowest BCUT2D eigenvalue weighted by Crippen LogP contribution is -2.41. The molecular formula is C39H44F3N4O4S2+. The highest BCUT2D eigenvalue weighted by Gasteiger charge is 2.48. The summed E-state index contributed by atoms with van der Waals surface area (Å²) in [4.78, 5) is 2.27. The number of alkyl halides is 3. The molecule has 0 unspecified atom stereocenters. The third-order valence-electron chi connectivity index (χ3n) is 9.17. The fraction of sp³-hybridized carbons (Fsp3) is 0.308. The number of hydrogen-bond donors (Lipinski definition) is 1. The van der Waals surface area contributed by atoms with Crippen molar-refractivity contribution in [3.8, 4) is 11.3 Å². The van der Waals surface area contributed by atoms with Crippen molar-refractivity contribution in [1.82, 2.24) is 8.69 Å². The van der Waals surface area contributed by atoms with Crippen molar-refractivity contribution in [3.63, 3.8) is 0 Å². The Kier molecular flexibility index (Phi) is 12.0. The number of sulfonamides is 2. The van der Waals surface area contributed by atoms with E-state index < -0.39 is 31.3 Å². The Labute approximate surface area is 304 Å². The number of allylic oxidation sites excluding steroid dienone is 5. The predicted octanol–water partition coefficient (Wildman–Crippen LogP) is 7.73. The van der Waals surface area contributed by atoms with Gasteiger partial charge < -0.3 is 9.47 Å². The Morgan fingerprint density at radius 1 is 0.788 bits per heavy atom. The molecule has 0 saturated heterocycles. The third kappa shape index (κ3) is 8.27. The number of para-hydroxylation sites is 1. The molecule has 0 saturated carbocycles. The molecule has 1 aromatic heterocycles. The zero-order valence-corrected chi connectivity index (χ0v) is 31.3. The van der Waals surface area contributed by atoms with Crippen molar-refractivity contribution in [3.05, 3.63) is 120 Å². The summed E-state index contributed by atoms with van der Waals surface area (Å²) >= 11 is 0. The summed E-state index contributed by atoms with van der Waals surface area (Å²) in [5.74, 6) is -0.839. The smallest absolute Gasteiger partial charge is 0.372 e. The highest BCUT2D eigenvalue weighted by atomic mass is 32.3. The van der Waals surface area contributed by atoms with E-state index in [2.05, 4.69) is 85.7 Å². The molecule has 5 rings (SSSR count). The Morgan fingerprint density at radius 3 is 1.96 bits per heavy atom. The normalized spacial score (nSPS) is 13.6. The van der Waals surface area contributed by atoms with Crippen LogP contribution in [0.2, 0.25) is 0 Å². The second kappa shape index (κ2) is 16.1. The average molecular weight is 754 g/mol. The van der Waals surface area contributed by atoms with Gasteiger partial charge in [0.2, 0.25) is 10.0 Å². The molecule has 1 aliphatic carbocycles. The Bertz CT molecular complexity index is 2230. The van der Waals surface area contributed by atoms with Crippen LogP contribution in [0.3, 0.4) is 0 Å². The molecule has 0 fully saturated rings. The van der Waals surface area contributed by atoms with Crippen molar-refractivity contribution in [2.75, 3.05) is 36.8 Å². The number of aromatic nitrogens is 1. The van der Waals surface area contributed by atoms with Crippen molar-refractivity contribution in [2.45, 2.75) is 46.2 Å². The van der Waals surface area contributed by atoms with E-state index in [9.17, 15) is 30.0 Å². The molecule has 0 spiro atoms. The van der Waals surface area contributed by atoms with Crippen LogP contribution < -0.4 is 9.03 Å². The van der Waals surface area contributed by atoms with Gasteiger partial charge >= 0.3 is 15.5 Å². The summed E-state index contributed by atoms with van der Waals surface area (Å²) in [7, 11) is -10.9. The van der Waals surface area contributed by atoms with E-state index in [1.165, 1.54) is 0 Å². The molecule has 0 bridgehead atoms. The van der Waals surface area contributed by atoms with E-state index in [-0.39, 0.29) is 13.0 Å². The molecule has 8 nitrogen and oxygen atoms in total. The standard InChI is InChI=1S/C39H44F3N4O4S2/c1-5-44(6-2)32-23-19-29(20-24-32)36(30-21-25-33(26-22-30)45(7-3)8-4)37-34-17-12-13-18-35(34)46(38(37)31-15-10-9-11-16-31)27-14-28-51(47,48)43-52(49,50)39(40,41)42/h9-13,15-26,43H,5-8,14,27-28H2,1-4H3/q+1. The summed E-state index contributed by atoms with van der Waals surface area (Å²) < 4.78 is 92.5. The van der Waals surface area contributed by atoms with Crippen LogP contribution in [0.1, 0.15) is 45.2 Å². The van der Waals surface area contributed by atoms with Crippen LogP contribution in [0.25, 0.3) is 27.7 Å². The van der Waals surface area contributed by atoms with Gasteiger partial charge in [-0.1, -0.05) is 60.7 Å². The third-order valence-corrected chi connectivity index (χ3v) is 12.5. The Balaban J connectivity index is 1.73. The molecule has 4 aromatic rings. The van der Waals surface area contributed by atoms with Gasteiger partial charge in [0.05, 0.1) is 11.4 Å². The molecule has 13 heteroatoms. The lowest BCUT2D eigenvalue weighted by molar-refractivity contribution is -0.519. The number of benzene rings is 3. The zero-order valence-electron chi connectivity index (χ0n) is 29.7. The van der Waals surface area contributed by atoms with Gasteiger partial charge in [-0.15, -0.1) is 4.13 Å². The first kappa shape index (κ1) is 38.8. The Hall–Kier alpha value is -4.46. The number of halogens is 3. The van der Waals surface area contributed by atoms with Crippen molar-refractivity contribution < 1.29 is 34.6 Å². The minimum Gasteiger partial charge on any atom is -0.372 e. The number of nitrogens with zero attached hydrogens (tertiary/aromatic N) is 3. The quantitative estimate of drug-likeness (QED) is 0.133. The SMILES string of the molecule is CCN(CC)c1ccc(C(=C2C=CC(=[N+](CC)CC)C=C2)c2c(-c3ccccc3)n(CCCS(=O)(=O)NS(=O)(=O)C(F)(F)F)c3ccccc23)cc1. The van der Waals surface area contributed by atoms with Gasteiger partial charge in [-0.25, -0.2) is 21.4 Å². The van der Waals surface area contributed by atoms with Crippen LogP contribution in [0, 0.1) is 0 Å². The largest absolute Gasteiger partial charge is 0.512 e. The van der Waals surface area contributed by atoms with Crippen molar-refractivity contribution in [1.29, 1.82) is 0 Å². The van der Waals surface area contributed by atoms with Gasteiger partial charge in [0.15, 0.2) is 5.71 Å². The average Bonchev–Trinajstić information content (AvgIpc) is 3.43. The lowest BCUT2D eigenvalue weighted by Gasteiger charge is -2.22. The van der Waals surface area contributed by atoms with E-state index in [1.54, 1.807) is 0 Å². The molecule has 3 aromatic carbocycles. The van der Waals surface area contributed by atoms with Gasteiger partial charge in [-0.3, -0.25) is 0 Å². The van der Waals surface area contributed by atoms with E-state index in [0.29, 0.717) is 0 Å². The monoisotopic (exact) mass is 753 g/mol. The first-order valence-electron chi connectivity index (χ1n) is 17.3. The van der Waals surface area contributed by atoms with Crippen LogP contribution in [-0.2, 0) is 26.6 Å². The van der Waals surface area contributed by atoms with Gasteiger partial charge in [0.25, 0.3) is 0 Å². The summed E-state index contributed by atoms with van der Waals surface area (Å²) in [5, 5.41) is 0.901. The number of fused-ring (bicyclic) bond motifs is 1. The molecule has 0 aliphatic heterocycles. The molecular weight excluding hydrogens is 710 g/mol. The number of rotatable bonds is 14. The topological polar surface area (TPSA) is 91.5 Å². The minimum absolute atomic E-state index is 0.0762. The van der Waals surface area contributed by atoms with Crippen LogP contribution in [0.4, 0.5) is 18.9 Å².